The van der Waals surface area contributed by atoms with Crippen molar-refractivity contribution in [3.05, 3.63) is 23.9 Å². The van der Waals surface area contributed by atoms with Gasteiger partial charge in [-0.25, -0.2) is 4.98 Å². The van der Waals surface area contributed by atoms with Gasteiger partial charge >= 0.3 is 0 Å². The lowest BCUT2D eigenvalue weighted by molar-refractivity contribution is -0.134. The monoisotopic (exact) mass is 439 g/mol. The standard InChI is InChI=1S/C23H33N7O2/c31-21(8-6-19-27-18-4-2-1-3-17(18)23(32)28-19)30-13-11-29(12-14-30)20-7-5-16(15-26-20)22-24-9-10-25-22/h5,7,15,17-19,27H,1-4,6,8-14H2,(H,24,25)(H,28,32). The number of nitrogens with one attached hydrogen (secondary N) is 3. The number of fused-ring (bicyclic) bond motifs is 1. The fourth-order valence-electron chi connectivity index (χ4n) is 5.29. The van der Waals surface area contributed by atoms with E-state index in [1.807, 2.05) is 17.2 Å². The highest BCUT2D eigenvalue weighted by molar-refractivity contribution is 5.99. The zero-order chi connectivity index (χ0) is 21.9. The molecule has 1 saturated carbocycles. The molecule has 4 heterocycles. The number of anilines is 1. The fourth-order valence-corrected chi connectivity index (χ4v) is 5.29. The molecule has 1 aliphatic carbocycles. The molecule has 172 valence electrons. The third-order valence-corrected chi connectivity index (χ3v) is 7.13. The number of rotatable bonds is 5. The second kappa shape index (κ2) is 9.44. The van der Waals surface area contributed by atoms with E-state index in [0.29, 0.717) is 25.9 Å². The van der Waals surface area contributed by atoms with Gasteiger partial charge in [-0.05, 0) is 31.4 Å². The normalized spacial score (nSPS) is 27.9. The van der Waals surface area contributed by atoms with E-state index in [0.717, 1.165) is 62.7 Å². The smallest absolute Gasteiger partial charge is 0.225 e. The van der Waals surface area contributed by atoms with Crippen LogP contribution in [-0.4, -0.2) is 79.0 Å². The molecule has 0 bridgehead atoms. The van der Waals surface area contributed by atoms with E-state index in [4.69, 9.17) is 0 Å². The molecular weight excluding hydrogens is 406 g/mol. The van der Waals surface area contributed by atoms with E-state index in [-0.39, 0.29) is 29.9 Å². The molecule has 0 radical (unpaired) electrons. The lowest BCUT2D eigenvalue weighted by Gasteiger charge is -2.40. The SMILES string of the molecule is O=C1NC(CCC(=O)N2CCN(c3ccc(C4=NCCN4)cn3)CC2)NC2CCCCC12. The molecule has 1 aromatic heterocycles. The molecule has 1 aromatic rings. The average Bonchev–Trinajstić information content (AvgIpc) is 3.38. The highest BCUT2D eigenvalue weighted by Crippen LogP contribution is 2.27. The largest absolute Gasteiger partial charge is 0.368 e. The van der Waals surface area contributed by atoms with Crippen LogP contribution in [0.2, 0.25) is 0 Å². The quantitative estimate of drug-likeness (QED) is 0.616. The minimum Gasteiger partial charge on any atom is -0.368 e. The first kappa shape index (κ1) is 21.2. The first-order valence-electron chi connectivity index (χ1n) is 12.0. The van der Waals surface area contributed by atoms with Gasteiger partial charge in [-0.15, -0.1) is 0 Å². The van der Waals surface area contributed by atoms with E-state index < -0.39 is 0 Å². The summed E-state index contributed by atoms with van der Waals surface area (Å²) in [7, 11) is 0. The highest BCUT2D eigenvalue weighted by atomic mass is 16.2. The third kappa shape index (κ3) is 4.57. The van der Waals surface area contributed by atoms with Crippen molar-refractivity contribution in [2.45, 2.75) is 50.7 Å². The summed E-state index contributed by atoms with van der Waals surface area (Å²) in [5.74, 6) is 2.29. The first-order valence-corrected chi connectivity index (χ1v) is 12.0. The maximum Gasteiger partial charge on any atom is 0.225 e. The molecule has 3 atom stereocenters. The van der Waals surface area contributed by atoms with Crippen LogP contribution in [0, 0.1) is 5.92 Å². The number of carbonyl (C=O) groups excluding carboxylic acids is 2. The highest BCUT2D eigenvalue weighted by Gasteiger charge is 2.37. The van der Waals surface area contributed by atoms with Crippen LogP contribution in [0.25, 0.3) is 0 Å². The molecule has 2 amide bonds. The van der Waals surface area contributed by atoms with E-state index >= 15 is 0 Å². The molecule has 9 nitrogen and oxygen atoms in total. The summed E-state index contributed by atoms with van der Waals surface area (Å²) in [5.41, 5.74) is 1.02. The molecule has 3 unspecified atom stereocenters. The minimum atomic E-state index is -0.0891. The van der Waals surface area contributed by atoms with Crippen LogP contribution < -0.4 is 20.9 Å². The third-order valence-electron chi connectivity index (χ3n) is 7.13. The fraction of sp³-hybridized carbons (Fsp3) is 0.652. The number of hydrogen-bond donors (Lipinski definition) is 3. The van der Waals surface area contributed by atoms with Crippen LogP contribution in [0.3, 0.4) is 0 Å². The lowest BCUT2D eigenvalue weighted by Crippen LogP contribution is -2.62. The van der Waals surface area contributed by atoms with Crippen LogP contribution in [0.5, 0.6) is 0 Å². The number of amides is 2. The first-order chi connectivity index (χ1) is 15.7. The van der Waals surface area contributed by atoms with Gasteiger partial charge in [0.25, 0.3) is 0 Å². The molecule has 9 heteroatoms. The number of hydrogen-bond acceptors (Lipinski definition) is 7. The Hall–Kier alpha value is -2.68. The summed E-state index contributed by atoms with van der Waals surface area (Å²) in [5, 5.41) is 9.91. The molecular formula is C23H33N7O2. The molecule has 5 rings (SSSR count). The number of piperazine rings is 1. The van der Waals surface area contributed by atoms with Crippen molar-refractivity contribution < 1.29 is 9.59 Å². The van der Waals surface area contributed by atoms with E-state index in [2.05, 4.69) is 36.9 Å². The summed E-state index contributed by atoms with van der Waals surface area (Å²) in [6.45, 7) is 4.66. The van der Waals surface area contributed by atoms with Gasteiger partial charge in [0.1, 0.15) is 11.7 Å². The Morgan fingerprint density at radius 3 is 2.72 bits per heavy atom. The topological polar surface area (TPSA) is 102 Å². The van der Waals surface area contributed by atoms with Crippen LogP contribution >= 0.6 is 0 Å². The van der Waals surface area contributed by atoms with Crippen molar-refractivity contribution in [1.29, 1.82) is 0 Å². The van der Waals surface area contributed by atoms with E-state index in [1.54, 1.807) is 0 Å². The Bertz CT molecular complexity index is 864. The molecule has 32 heavy (non-hydrogen) atoms. The van der Waals surface area contributed by atoms with Gasteiger partial charge in [-0.3, -0.25) is 19.9 Å². The van der Waals surface area contributed by atoms with Crippen molar-refractivity contribution in [1.82, 2.24) is 25.8 Å². The lowest BCUT2D eigenvalue weighted by atomic mass is 9.82. The van der Waals surface area contributed by atoms with Gasteiger partial charge in [-0.2, -0.15) is 0 Å². The molecule has 3 N–H and O–H groups in total. The maximum absolute atomic E-state index is 12.8. The zero-order valence-corrected chi connectivity index (χ0v) is 18.6. The summed E-state index contributed by atoms with van der Waals surface area (Å²) in [4.78, 5) is 38.4. The molecule has 3 aliphatic heterocycles. The van der Waals surface area contributed by atoms with Crippen molar-refractivity contribution in [3.63, 3.8) is 0 Å². The Kier molecular flexibility index (Phi) is 6.25. The number of amidine groups is 1. The number of nitrogens with zero attached hydrogens (tertiary/aromatic N) is 4. The van der Waals surface area contributed by atoms with Crippen LogP contribution in [0.4, 0.5) is 5.82 Å². The number of carbonyl (C=O) groups is 2. The molecule has 3 fully saturated rings. The van der Waals surface area contributed by atoms with Crippen LogP contribution in [0.15, 0.2) is 23.3 Å². The van der Waals surface area contributed by atoms with Crippen molar-refractivity contribution in [2.24, 2.45) is 10.9 Å². The van der Waals surface area contributed by atoms with Crippen molar-refractivity contribution >= 4 is 23.5 Å². The van der Waals surface area contributed by atoms with Gasteiger partial charge in [0.15, 0.2) is 0 Å². The Labute approximate surface area is 189 Å². The van der Waals surface area contributed by atoms with Crippen LogP contribution in [0.1, 0.15) is 44.1 Å². The average molecular weight is 440 g/mol. The number of pyridine rings is 1. The Morgan fingerprint density at radius 1 is 1.12 bits per heavy atom. The summed E-state index contributed by atoms with van der Waals surface area (Å²) in [6.07, 6.45) is 7.23. The van der Waals surface area contributed by atoms with Gasteiger partial charge in [0, 0.05) is 56.9 Å². The second-order valence-electron chi connectivity index (χ2n) is 9.19. The van der Waals surface area contributed by atoms with Crippen molar-refractivity contribution in [2.75, 3.05) is 44.2 Å². The molecule has 4 aliphatic rings. The van der Waals surface area contributed by atoms with Crippen molar-refractivity contribution in [3.8, 4) is 0 Å². The zero-order valence-electron chi connectivity index (χ0n) is 18.6. The minimum absolute atomic E-state index is 0.0891. The maximum atomic E-state index is 12.8. The Morgan fingerprint density at radius 2 is 1.97 bits per heavy atom. The predicted octanol–water partition coefficient (Wildman–Crippen LogP) is 0.465. The molecule has 0 aromatic carbocycles. The number of aromatic nitrogens is 1. The summed E-state index contributed by atoms with van der Waals surface area (Å²) < 4.78 is 0. The Balaban J connectivity index is 1.07. The summed E-state index contributed by atoms with van der Waals surface area (Å²) in [6, 6.07) is 4.36. The van der Waals surface area contributed by atoms with Gasteiger partial charge in [-0.1, -0.05) is 12.8 Å². The summed E-state index contributed by atoms with van der Waals surface area (Å²) >= 11 is 0. The predicted molar refractivity (Wildman–Crippen MR) is 122 cm³/mol. The van der Waals surface area contributed by atoms with E-state index in [1.165, 1.54) is 6.42 Å². The van der Waals surface area contributed by atoms with E-state index in [9.17, 15) is 9.59 Å². The number of aliphatic imine (C=N–C) groups is 1. The molecule has 2 saturated heterocycles. The van der Waals surface area contributed by atoms with Crippen LogP contribution in [-0.2, 0) is 9.59 Å². The van der Waals surface area contributed by atoms with Gasteiger partial charge in [0.2, 0.25) is 11.8 Å². The molecule has 0 spiro atoms. The van der Waals surface area contributed by atoms with Gasteiger partial charge in [0.05, 0.1) is 18.6 Å². The van der Waals surface area contributed by atoms with Gasteiger partial charge < -0.3 is 20.4 Å². The second-order valence-corrected chi connectivity index (χ2v) is 9.19.